The zero-order valence-corrected chi connectivity index (χ0v) is 17.6. The fraction of sp³-hybridized carbons (Fsp3) is 0.818. The molecule has 4 atom stereocenters. The molecule has 0 N–H and O–H groups in total. The molecule has 0 aromatic carbocycles. The number of carbonyl (C=O) groups is 4. The summed E-state index contributed by atoms with van der Waals surface area (Å²) in [7, 11) is 0. The number of hydrogen-bond donors (Lipinski definition) is 0. The van der Waals surface area contributed by atoms with Crippen LogP contribution >= 0.6 is 0 Å². The molecule has 0 aromatic heterocycles. The molecule has 6 nitrogen and oxygen atoms in total. The van der Waals surface area contributed by atoms with Crippen LogP contribution in [0.4, 0.5) is 0 Å². The molecule has 0 heterocycles. The summed E-state index contributed by atoms with van der Waals surface area (Å²) in [5.74, 6) is -1.47. The Bertz CT molecular complexity index is 542. The molecule has 0 aliphatic heterocycles. The number of aldehydes is 2. The number of unbranched alkanes of at least 4 members (excludes halogenated alkanes) is 5. The first-order valence-corrected chi connectivity index (χ1v) is 10.4. The molecule has 0 saturated heterocycles. The maximum Gasteiger partial charge on any atom is 0.310 e. The molecule has 0 spiro atoms. The first-order valence-electron chi connectivity index (χ1n) is 10.4. The van der Waals surface area contributed by atoms with Crippen LogP contribution < -0.4 is 0 Å². The Morgan fingerprint density at radius 2 is 1.00 bits per heavy atom. The molecule has 2 rings (SSSR count). The van der Waals surface area contributed by atoms with Gasteiger partial charge in [-0.1, -0.05) is 53.4 Å². The number of hydrogen-bond acceptors (Lipinski definition) is 6. The maximum absolute atomic E-state index is 11.9. The molecule has 6 heteroatoms. The van der Waals surface area contributed by atoms with Crippen LogP contribution in [-0.4, -0.2) is 37.7 Å². The minimum Gasteiger partial charge on any atom is -0.465 e. The third kappa shape index (κ3) is 5.00. The van der Waals surface area contributed by atoms with Gasteiger partial charge in [-0.2, -0.15) is 0 Å². The van der Waals surface area contributed by atoms with Crippen LogP contribution in [0.25, 0.3) is 0 Å². The van der Waals surface area contributed by atoms with E-state index in [1.54, 1.807) is 0 Å². The van der Waals surface area contributed by atoms with Gasteiger partial charge in [-0.25, -0.2) is 0 Å². The second-order valence-electron chi connectivity index (χ2n) is 9.38. The molecule has 2 saturated carbocycles. The molecule has 0 amide bonds. The number of carbonyl (C=O) groups excluding carboxylic acids is 4. The topological polar surface area (TPSA) is 86.7 Å². The van der Waals surface area contributed by atoms with Crippen LogP contribution in [0.2, 0.25) is 0 Å². The lowest BCUT2D eigenvalue weighted by Gasteiger charge is -2.07. The van der Waals surface area contributed by atoms with Gasteiger partial charge in [0, 0.05) is 11.8 Å². The van der Waals surface area contributed by atoms with E-state index in [0.717, 1.165) is 51.1 Å². The quantitative estimate of drug-likeness (QED) is 0.270. The van der Waals surface area contributed by atoms with Crippen molar-refractivity contribution < 1.29 is 28.7 Å². The van der Waals surface area contributed by atoms with Crippen molar-refractivity contribution in [1.29, 1.82) is 0 Å². The number of rotatable bonds is 13. The molecule has 2 aliphatic carbocycles. The molecule has 0 bridgehead atoms. The lowest BCUT2D eigenvalue weighted by Crippen LogP contribution is -2.12. The van der Waals surface area contributed by atoms with E-state index < -0.39 is 0 Å². The highest BCUT2D eigenvalue weighted by Gasteiger charge is 2.63. The largest absolute Gasteiger partial charge is 0.465 e. The van der Waals surface area contributed by atoms with Gasteiger partial charge in [0.1, 0.15) is 12.6 Å². The molecule has 158 valence electrons. The van der Waals surface area contributed by atoms with Crippen molar-refractivity contribution >= 4 is 24.5 Å². The van der Waals surface area contributed by atoms with Crippen molar-refractivity contribution in [2.45, 2.75) is 66.2 Å². The average Bonchev–Trinajstić information content (AvgIpc) is 3.42. The van der Waals surface area contributed by atoms with Gasteiger partial charge in [-0.15, -0.1) is 0 Å². The molecule has 0 radical (unpaired) electrons. The second-order valence-corrected chi connectivity index (χ2v) is 9.38. The monoisotopic (exact) mass is 394 g/mol. The van der Waals surface area contributed by atoms with E-state index in [1.807, 2.05) is 27.7 Å². The summed E-state index contributed by atoms with van der Waals surface area (Å²) in [5.41, 5.74) is -0.516. The standard InChI is InChI=1S/C22H34O6/c1-21(2)15(13-23)17(21)19(25)27-11-9-7-5-6-8-10-12-28-20(26)18-16(14-24)22(18,3)4/h13-18H,5-12H2,1-4H3/t15-,16-,17-,18-/m0/s1. The van der Waals surface area contributed by atoms with Crippen molar-refractivity contribution in [2.24, 2.45) is 34.5 Å². The van der Waals surface area contributed by atoms with E-state index in [4.69, 9.17) is 9.47 Å². The Balaban J connectivity index is 1.41. The highest BCUT2D eigenvalue weighted by atomic mass is 16.5. The van der Waals surface area contributed by atoms with Crippen molar-refractivity contribution in [1.82, 2.24) is 0 Å². The normalized spacial score (nSPS) is 28.9. The summed E-state index contributed by atoms with van der Waals surface area (Å²) in [6, 6.07) is 0. The summed E-state index contributed by atoms with van der Waals surface area (Å²) in [6.07, 6.45) is 7.41. The molecular weight excluding hydrogens is 360 g/mol. The SMILES string of the molecule is CC1(C)[C@H](C(=O)OCCCCCCCCOC(=O)[C@@H]2[C@H](C=O)C2(C)C)[C@@H]1C=O. The predicted molar refractivity (Wildman–Crippen MR) is 103 cm³/mol. The molecule has 2 aliphatic rings. The van der Waals surface area contributed by atoms with Gasteiger partial charge in [-0.05, 0) is 23.7 Å². The van der Waals surface area contributed by atoms with Gasteiger partial charge in [0.25, 0.3) is 0 Å². The predicted octanol–water partition coefficient (Wildman–Crippen LogP) is 3.36. The first-order chi connectivity index (χ1) is 13.2. The van der Waals surface area contributed by atoms with Gasteiger partial charge < -0.3 is 19.1 Å². The smallest absolute Gasteiger partial charge is 0.310 e. The van der Waals surface area contributed by atoms with Crippen molar-refractivity contribution in [3.63, 3.8) is 0 Å². The fourth-order valence-electron chi connectivity index (χ4n) is 4.20. The third-order valence-corrected chi connectivity index (χ3v) is 6.65. The molecule has 0 unspecified atom stereocenters. The molecule has 2 fully saturated rings. The van der Waals surface area contributed by atoms with Crippen molar-refractivity contribution in [3.05, 3.63) is 0 Å². The lowest BCUT2D eigenvalue weighted by molar-refractivity contribution is -0.147. The molecule has 0 aromatic rings. The Labute approximate surface area is 167 Å². The lowest BCUT2D eigenvalue weighted by atomic mass is 10.1. The Morgan fingerprint density at radius 3 is 1.29 bits per heavy atom. The zero-order valence-electron chi connectivity index (χ0n) is 17.6. The van der Waals surface area contributed by atoms with Crippen LogP contribution in [0.15, 0.2) is 0 Å². The van der Waals surface area contributed by atoms with E-state index in [9.17, 15) is 19.2 Å². The first kappa shape index (κ1) is 22.6. The van der Waals surface area contributed by atoms with Gasteiger partial charge >= 0.3 is 11.9 Å². The van der Waals surface area contributed by atoms with Gasteiger partial charge in [0.2, 0.25) is 0 Å². The average molecular weight is 395 g/mol. The maximum atomic E-state index is 11.9. The van der Waals surface area contributed by atoms with Crippen molar-refractivity contribution in [2.75, 3.05) is 13.2 Å². The minimum atomic E-state index is -0.282. The van der Waals surface area contributed by atoms with E-state index in [1.165, 1.54) is 0 Å². The summed E-state index contributed by atoms with van der Waals surface area (Å²) in [5, 5.41) is 0. The van der Waals surface area contributed by atoms with Gasteiger partial charge in [0.05, 0.1) is 25.0 Å². The highest BCUT2D eigenvalue weighted by molar-refractivity contribution is 5.84. The summed E-state index contributed by atoms with van der Waals surface area (Å²) >= 11 is 0. The van der Waals surface area contributed by atoms with E-state index in [0.29, 0.717) is 13.2 Å². The van der Waals surface area contributed by atoms with Crippen LogP contribution in [0.3, 0.4) is 0 Å². The van der Waals surface area contributed by atoms with Gasteiger partial charge in [0.15, 0.2) is 0 Å². The number of ether oxygens (including phenoxy) is 2. The zero-order chi connectivity index (χ0) is 20.9. The van der Waals surface area contributed by atoms with Crippen LogP contribution in [-0.2, 0) is 28.7 Å². The van der Waals surface area contributed by atoms with E-state index in [2.05, 4.69) is 0 Å². The van der Waals surface area contributed by atoms with E-state index >= 15 is 0 Å². The van der Waals surface area contributed by atoms with Crippen LogP contribution in [0.5, 0.6) is 0 Å². The van der Waals surface area contributed by atoms with Crippen molar-refractivity contribution in [3.8, 4) is 0 Å². The number of esters is 2. The minimum absolute atomic E-state index is 0.204. The fourth-order valence-corrected chi connectivity index (χ4v) is 4.20. The molecule has 28 heavy (non-hydrogen) atoms. The summed E-state index contributed by atoms with van der Waals surface area (Å²) in [4.78, 5) is 45.7. The highest BCUT2D eigenvalue weighted by Crippen LogP contribution is 2.58. The van der Waals surface area contributed by atoms with E-state index in [-0.39, 0.29) is 46.4 Å². The summed E-state index contributed by atoms with van der Waals surface area (Å²) in [6.45, 7) is 8.49. The van der Waals surface area contributed by atoms with Crippen LogP contribution in [0.1, 0.15) is 66.2 Å². The van der Waals surface area contributed by atoms with Gasteiger partial charge in [-0.3, -0.25) is 9.59 Å². The Hall–Kier alpha value is -1.72. The Morgan fingerprint density at radius 1 is 0.679 bits per heavy atom. The Kier molecular flexibility index (Phi) is 7.40. The third-order valence-electron chi connectivity index (χ3n) is 6.65. The molecular formula is C22H34O6. The van der Waals surface area contributed by atoms with Crippen LogP contribution in [0, 0.1) is 34.5 Å². The summed E-state index contributed by atoms with van der Waals surface area (Å²) < 4.78 is 10.6. The second kappa shape index (κ2) is 9.19.